The van der Waals surface area contributed by atoms with Crippen LogP contribution in [0.3, 0.4) is 0 Å². The average Bonchev–Trinajstić information content (AvgIpc) is 3.33. The Morgan fingerprint density at radius 3 is 2.44 bits per heavy atom. The van der Waals surface area contributed by atoms with Crippen molar-refractivity contribution in [2.24, 2.45) is 4.99 Å². The van der Waals surface area contributed by atoms with E-state index in [1.165, 1.54) is 90.8 Å². The molecule has 0 aromatic rings. The molecule has 1 aliphatic carbocycles. The van der Waals surface area contributed by atoms with Gasteiger partial charge in [0.1, 0.15) is 0 Å². The van der Waals surface area contributed by atoms with Crippen LogP contribution in [0.4, 0.5) is 0 Å². The highest BCUT2D eigenvalue weighted by atomic mass is 127. The molecule has 0 bridgehead atoms. The molecule has 3 aliphatic rings. The van der Waals surface area contributed by atoms with E-state index in [2.05, 4.69) is 37.4 Å². The Morgan fingerprint density at radius 1 is 1.00 bits per heavy atom. The minimum Gasteiger partial charge on any atom is -0.356 e. The molecule has 2 N–H and O–H groups in total. The molecule has 1 atom stereocenters. The second-order valence-corrected chi connectivity index (χ2v) is 8.41. The maximum Gasteiger partial charge on any atom is 0.191 e. The summed E-state index contributed by atoms with van der Waals surface area (Å²) in [7, 11) is 4.11. The van der Waals surface area contributed by atoms with E-state index in [-0.39, 0.29) is 24.0 Å². The summed E-state index contributed by atoms with van der Waals surface area (Å²) < 4.78 is 0. The predicted octanol–water partition coefficient (Wildman–Crippen LogP) is 1.81. The topological polar surface area (TPSA) is 46.1 Å². The minimum atomic E-state index is 0. The third kappa shape index (κ3) is 7.66. The molecule has 1 saturated carbocycles. The first kappa shape index (κ1) is 23.2. The molecule has 0 amide bonds. The third-order valence-corrected chi connectivity index (χ3v) is 6.41. The first-order valence-corrected chi connectivity index (χ1v) is 10.9. The molecule has 3 fully saturated rings. The number of nitrogens with zero attached hydrogens (tertiary/aromatic N) is 4. The van der Waals surface area contributed by atoms with Crippen molar-refractivity contribution in [3.63, 3.8) is 0 Å². The monoisotopic (exact) mass is 492 g/mol. The molecule has 2 aliphatic heterocycles. The lowest BCUT2D eigenvalue weighted by Crippen LogP contribution is -2.46. The molecule has 27 heavy (non-hydrogen) atoms. The molecule has 0 aromatic carbocycles. The van der Waals surface area contributed by atoms with Gasteiger partial charge in [0.25, 0.3) is 0 Å². The number of likely N-dealkylation sites (N-methyl/N-ethyl adjacent to an activating group) is 1. The largest absolute Gasteiger partial charge is 0.356 e. The molecule has 2 heterocycles. The van der Waals surface area contributed by atoms with Crippen molar-refractivity contribution in [3.05, 3.63) is 0 Å². The van der Waals surface area contributed by atoms with E-state index in [1.807, 2.05) is 7.05 Å². The van der Waals surface area contributed by atoms with E-state index in [1.54, 1.807) is 0 Å². The van der Waals surface area contributed by atoms with Crippen LogP contribution >= 0.6 is 24.0 Å². The molecule has 158 valence electrons. The van der Waals surface area contributed by atoms with E-state index in [0.29, 0.717) is 6.04 Å². The third-order valence-electron chi connectivity index (χ3n) is 6.41. The number of halogens is 1. The zero-order valence-electron chi connectivity index (χ0n) is 17.5. The van der Waals surface area contributed by atoms with E-state index in [9.17, 15) is 0 Å². The van der Waals surface area contributed by atoms with Crippen LogP contribution in [0.1, 0.15) is 44.9 Å². The zero-order chi connectivity index (χ0) is 18.2. The highest BCUT2D eigenvalue weighted by Gasteiger charge is 2.30. The highest BCUT2D eigenvalue weighted by molar-refractivity contribution is 14.0. The lowest BCUT2D eigenvalue weighted by atomic mass is 10.2. The van der Waals surface area contributed by atoms with Crippen molar-refractivity contribution in [2.75, 3.05) is 66.5 Å². The molecule has 1 unspecified atom stereocenters. The fourth-order valence-corrected chi connectivity index (χ4v) is 4.63. The maximum atomic E-state index is 4.43. The maximum absolute atomic E-state index is 4.43. The second kappa shape index (κ2) is 12.4. The molecule has 7 heteroatoms. The number of hydrogen-bond donors (Lipinski definition) is 2. The van der Waals surface area contributed by atoms with Gasteiger partial charge in [-0.15, -0.1) is 24.0 Å². The Labute approximate surface area is 183 Å². The highest BCUT2D eigenvalue weighted by Crippen LogP contribution is 2.26. The minimum absolute atomic E-state index is 0. The zero-order valence-corrected chi connectivity index (χ0v) is 19.8. The number of rotatable bonds is 7. The number of unbranched alkanes of at least 4 members (excludes halogenated alkanes) is 1. The summed E-state index contributed by atoms with van der Waals surface area (Å²) in [4.78, 5) is 12.2. The van der Waals surface area contributed by atoms with Crippen LogP contribution < -0.4 is 10.6 Å². The van der Waals surface area contributed by atoms with Crippen molar-refractivity contribution in [3.8, 4) is 0 Å². The Hall–Kier alpha value is -0.120. The lowest BCUT2D eigenvalue weighted by molar-refractivity contribution is 0.152. The van der Waals surface area contributed by atoms with Gasteiger partial charge >= 0.3 is 0 Å². The van der Waals surface area contributed by atoms with Gasteiger partial charge in [-0.25, -0.2) is 0 Å². The van der Waals surface area contributed by atoms with Crippen molar-refractivity contribution in [1.82, 2.24) is 25.3 Å². The number of guanidine groups is 1. The Bertz CT molecular complexity index is 432. The van der Waals surface area contributed by atoms with Gasteiger partial charge in [-0.05, 0) is 45.7 Å². The number of piperazine rings is 1. The molecular formula is C20H41IN6. The number of hydrogen-bond acceptors (Lipinski definition) is 4. The Morgan fingerprint density at radius 2 is 1.74 bits per heavy atom. The summed E-state index contributed by atoms with van der Waals surface area (Å²) in [5.74, 6) is 0.989. The van der Waals surface area contributed by atoms with Crippen molar-refractivity contribution in [2.45, 2.75) is 57.0 Å². The Balaban J connectivity index is 0.00000261. The molecular weight excluding hydrogens is 451 g/mol. The Kier molecular flexibility index (Phi) is 10.7. The average molecular weight is 492 g/mol. The van der Waals surface area contributed by atoms with Crippen LogP contribution in [0.25, 0.3) is 0 Å². The molecule has 0 spiro atoms. The van der Waals surface area contributed by atoms with Crippen molar-refractivity contribution in [1.29, 1.82) is 0 Å². The summed E-state index contributed by atoms with van der Waals surface area (Å²) in [6.07, 6.45) is 9.41. The summed E-state index contributed by atoms with van der Waals surface area (Å²) >= 11 is 0. The van der Waals surface area contributed by atoms with Gasteiger partial charge in [0.05, 0.1) is 0 Å². The lowest BCUT2D eigenvalue weighted by Gasteiger charge is -2.32. The summed E-state index contributed by atoms with van der Waals surface area (Å²) in [5, 5.41) is 7.16. The van der Waals surface area contributed by atoms with Gasteiger partial charge in [0, 0.05) is 64.9 Å². The predicted molar refractivity (Wildman–Crippen MR) is 125 cm³/mol. The van der Waals surface area contributed by atoms with Crippen LogP contribution in [0, 0.1) is 0 Å². The summed E-state index contributed by atoms with van der Waals surface area (Å²) in [6, 6.07) is 1.42. The van der Waals surface area contributed by atoms with Gasteiger partial charge < -0.3 is 20.4 Å². The molecule has 0 radical (unpaired) electrons. The number of nitrogens with one attached hydrogen (secondary N) is 2. The normalized spacial score (nSPS) is 26.3. The summed E-state index contributed by atoms with van der Waals surface area (Å²) in [5.41, 5.74) is 0. The van der Waals surface area contributed by atoms with E-state index < -0.39 is 0 Å². The van der Waals surface area contributed by atoms with Crippen molar-refractivity contribution < 1.29 is 0 Å². The van der Waals surface area contributed by atoms with Gasteiger partial charge in [0.2, 0.25) is 0 Å². The fourth-order valence-electron chi connectivity index (χ4n) is 4.63. The van der Waals surface area contributed by atoms with Crippen LogP contribution in [0.5, 0.6) is 0 Å². The molecule has 2 saturated heterocycles. The fraction of sp³-hybridized carbons (Fsp3) is 0.950. The van der Waals surface area contributed by atoms with Gasteiger partial charge in [-0.1, -0.05) is 12.8 Å². The van der Waals surface area contributed by atoms with Gasteiger partial charge in [0.15, 0.2) is 5.96 Å². The van der Waals surface area contributed by atoms with Gasteiger partial charge in [-0.3, -0.25) is 9.89 Å². The van der Waals surface area contributed by atoms with Crippen molar-refractivity contribution >= 4 is 29.9 Å². The van der Waals surface area contributed by atoms with Crippen LogP contribution in [-0.2, 0) is 0 Å². The number of aliphatic imine (C=N–C) groups is 1. The van der Waals surface area contributed by atoms with Crippen LogP contribution in [-0.4, -0.2) is 99.2 Å². The standard InChI is InChI=1S/C20H40N6.HI/c1-21-20(22-10-5-6-11-25-15-13-24(2)14-16-25)23-18-9-12-26(17-18)19-7-3-4-8-19;/h18-19H,3-17H2,1-2H3,(H2,21,22,23);1H. The van der Waals surface area contributed by atoms with E-state index in [0.717, 1.165) is 18.5 Å². The first-order chi connectivity index (χ1) is 12.7. The summed E-state index contributed by atoms with van der Waals surface area (Å²) in [6.45, 7) is 9.59. The van der Waals surface area contributed by atoms with Crippen LogP contribution in [0.15, 0.2) is 4.99 Å². The van der Waals surface area contributed by atoms with Gasteiger partial charge in [-0.2, -0.15) is 0 Å². The molecule has 3 rings (SSSR count). The first-order valence-electron chi connectivity index (χ1n) is 10.9. The second-order valence-electron chi connectivity index (χ2n) is 8.41. The molecule has 0 aromatic heterocycles. The number of likely N-dealkylation sites (tertiary alicyclic amines) is 1. The molecule has 6 nitrogen and oxygen atoms in total. The van der Waals surface area contributed by atoms with E-state index in [4.69, 9.17) is 0 Å². The van der Waals surface area contributed by atoms with Crippen LogP contribution in [0.2, 0.25) is 0 Å². The quantitative estimate of drug-likeness (QED) is 0.246. The van der Waals surface area contributed by atoms with E-state index >= 15 is 0 Å². The smallest absolute Gasteiger partial charge is 0.191 e. The SMILES string of the molecule is CN=C(NCCCCN1CCN(C)CC1)NC1CCN(C2CCCC2)C1.I.